The van der Waals surface area contributed by atoms with E-state index in [2.05, 4.69) is 6.58 Å². The van der Waals surface area contributed by atoms with Crippen molar-refractivity contribution in [3.8, 4) is 0 Å². The zero-order chi connectivity index (χ0) is 9.02. The topological polar surface area (TPSA) is 40.5 Å². The number of rotatable bonds is 3. The Bertz CT molecular complexity index is 154. The second-order valence-electron chi connectivity index (χ2n) is 2.75. The van der Waals surface area contributed by atoms with E-state index in [1.54, 1.807) is 21.0 Å². The first-order chi connectivity index (χ1) is 5.00. The number of hydrogen-bond donors (Lipinski definition) is 1. The Morgan fingerprint density at radius 2 is 2.09 bits per heavy atom. The predicted molar refractivity (Wildman–Crippen MR) is 44.1 cm³/mol. The zero-order valence-corrected chi connectivity index (χ0v) is 7.24. The van der Waals surface area contributed by atoms with Gasteiger partial charge in [-0.25, -0.2) is 0 Å². The fourth-order valence-electron chi connectivity index (χ4n) is 0.757. The number of nitrogens with zero attached hydrogens (tertiary/aromatic N) is 1. The van der Waals surface area contributed by atoms with Crippen LogP contribution >= 0.6 is 0 Å². The lowest BCUT2D eigenvalue weighted by atomic mass is 10.0. The summed E-state index contributed by atoms with van der Waals surface area (Å²) in [4.78, 5) is 12.6. The van der Waals surface area contributed by atoms with Crippen molar-refractivity contribution in [3.63, 3.8) is 0 Å². The summed E-state index contributed by atoms with van der Waals surface area (Å²) in [5, 5.41) is 9.18. The van der Waals surface area contributed by atoms with Gasteiger partial charge in [0, 0.05) is 14.1 Å². The molecule has 0 aromatic carbocycles. The van der Waals surface area contributed by atoms with Crippen LogP contribution in [0.4, 0.5) is 0 Å². The molecular weight excluding hydrogens is 142 g/mol. The fourth-order valence-corrected chi connectivity index (χ4v) is 0.757. The summed E-state index contributed by atoms with van der Waals surface area (Å²) >= 11 is 0. The Morgan fingerprint density at radius 1 is 1.64 bits per heavy atom. The third-order valence-corrected chi connectivity index (χ3v) is 1.58. The Labute approximate surface area is 67.3 Å². The van der Waals surface area contributed by atoms with Crippen LogP contribution in [0, 0.1) is 5.92 Å². The molecule has 11 heavy (non-hydrogen) atoms. The molecule has 0 radical (unpaired) electrons. The van der Waals surface area contributed by atoms with Crippen LogP contribution in [0.3, 0.4) is 0 Å². The first-order valence-electron chi connectivity index (χ1n) is 3.52. The van der Waals surface area contributed by atoms with Gasteiger partial charge in [0.15, 0.2) is 0 Å². The van der Waals surface area contributed by atoms with Gasteiger partial charge in [0.1, 0.15) is 0 Å². The minimum Gasteiger partial charge on any atom is -0.388 e. The molecule has 0 aromatic rings. The Kier molecular flexibility index (Phi) is 3.82. The van der Waals surface area contributed by atoms with E-state index in [1.165, 1.54) is 11.0 Å². The molecule has 0 unspecified atom stereocenters. The predicted octanol–water partition coefficient (Wildman–Crippen LogP) is 0.258. The number of carbonyl (C=O) groups excluding carboxylic acids is 1. The third kappa shape index (κ3) is 2.72. The quantitative estimate of drug-likeness (QED) is 0.597. The highest BCUT2D eigenvalue weighted by Crippen LogP contribution is 2.06. The van der Waals surface area contributed by atoms with Crippen LogP contribution < -0.4 is 0 Å². The van der Waals surface area contributed by atoms with Gasteiger partial charge in [-0.15, -0.1) is 6.58 Å². The molecular formula is C8H15NO2. The van der Waals surface area contributed by atoms with Gasteiger partial charge in [-0.05, 0) is 0 Å². The molecule has 0 aromatic heterocycles. The standard InChI is InChI=1S/C8H15NO2/c1-5-7(10)6(2)8(11)9(3)4/h5-7,10H,1H2,2-4H3/t6-,7-/m0/s1. The van der Waals surface area contributed by atoms with Crippen molar-refractivity contribution >= 4 is 5.91 Å². The molecule has 0 fully saturated rings. The van der Waals surface area contributed by atoms with Crippen molar-refractivity contribution < 1.29 is 9.90 Å². The summed E-state index contributed by atoms with van der Waals surface area (Å²) in [5.41, 5.74) is 0. The minimum atomic E-state index is -0.745. The summed E-state index contributed by atoms with van der Waals surface area (Å²) in [5.74, 6) is -0.486. The lowest BCUT2D eigenvalue weighted by Crippen LogP contribution is -2.34. The van der Waals surface area contributed by atoms with Crippen molar-refractivity contribution in [1.82, 2.24) is 4.90 Å². The van der Waals surface area contributed by atoms with E-state index >= 15 is 0 Å². The average molecular weight is 157 g/mol. The van der Waals surface area contributed by atoms with E-state index in [9.17, 15) is 9.90 Å². The highest BCUT2D eigenvalue weighted by atomic mass is 16.3. The lowest BCUT2D eigenvalue weighted by molar-refractivity contribution is -0.134. The van der Waals surface area contributed by atoms with Gasteiger partial charge in [-0.1, -0.05) is 13.0 Å². The van der Waals surface area contributed by atoms with Crippen molar-refractivity contribution in [2.75, 3.05) is 14.1 Å². The van der Waals surface area contributed by atoms with E-state index in [-0.39, 0.29) is 5.91 Å². The van der Waals surface area contributed by atoms with Gasteiger partial charge >= 0.3 is 0 Å². The van der Waals surface area contributed by atoms with Gasteiger partial charge in [0.2, 0.25) is 5.91 Å². The lowest BCUT2D eigenvalue weighted by Gasteiger charge is -2.18. The van der Waals surface area contributed by atoms with Crippen LogP contribution in [-0.2, 0) is 4.79 Å². The SMILES string of the molecule is C=C[C@H](O)[C@H](C)C(=O)N(C)C. The third-order valence-electron chi connectivity index (χ3n) is 1.58. The maximum absolute atomic E-state index is 11.2. The zero-order valence-electron chi connectivity index (χ0n) is 7.24. The second kappa shape index (κ2) is 4.13. The summed E-state index contributed by atoms with van der Waals surface area (Å²) < 4.78 is 0. The molecule has 2 atom stereocenters. The molecule has 0 aliphatic heterocycles. The largest absolute Gasteiger partial charge is 0.388 e. The van der Waals surface area contributed by atoms with Crippen LogP contribution in [0.1, 0.15) is 6.92 Å². The molecule has 0 aliphatic carbocycles. The Balaban J connectivity index is 4.12. The molecule has 1 amide bonds. The molecule has 0 spiro atoms. The maximum atomic E-state index is 11.2. The normalized spacial score (nSPS) is 15.3. The van der Waals surface area contributed by atoms with Crippen molar-refractivity contribution in [2.45, 2.75) is 13.0 Å². The molecule has 0 saturated carbocycles. The molecule has 3 nitrogen and oxygen atoms in total. The van der Waals surface area contributed by atoms with Crippen molar-refractivity contribution in [3.05, 3.63) is 12.7 Å². The van der Waals surface area contributed by atoms with Gasteiger partial charge < -0.3 is 10.0 Å². The van der Waals surface area contributed by atoms with Crippen LogP contribution in [0.15, 0.2) is 12.7 Å². The smallest absolute Gasteiger partial charge is 0.227 e. The van der Waals surface area contributed by atoms with Gasteiger partial charge in [-0.3, -0.25) is 4.79 Å². The minimum absolute atomic E-state index is 0.0857. The highest BCUT2D eigenvalue weighted by molar-refractivity contribution is 5.78. The van der Waals surface area contributed by atoms with Crippen LogP contribution in [0.2, 0.25) is 0 Å². The highest BCUT2D eigenvalue weighted by Gasteiger charge is 2.20. The molecule has 0 bridgehead atoms. The van der Waals surface area contributed by atoms with Crippen molar-refractivity contribution in [2.24, 2.45) is 5.92 Å². The van der Waals surface area contributed by atoms with E-state index < -0.39 is 12.0 Å². The van der Waals surface area contributed by atoms with Gasteiger partial charge in [-0.2, -0.15) is 0 Å². The maximum Gasteiger partial charge on any atom is 0.227 e. The monoisotopic (exact) mass is 157 g/mol. The summed E-state index contributed by atoms with van der Waals surface area (Å²) in [6, 6.07) is 0. The first kappa shape index (κ1) is 10.2. The fraction of sp³-hybridized carbons (Fsp3) is 0.625. The molecule has 1 N–H and O–H groups in total. The molecule has 0 aliphatic rings. The Hall–Kier alpha value is -0.830. The van der Waals surface area contributed by atoms with Gasteiger partial charge in [0.25, 0.3) is 0 Å². The molecule has 0 rings (SSSR count). The summed E-state index contributed by atoms with van der Waals surface area (Å²) in [7, 11) is 3.32. The van der Waals surface area contributed by atoms with E-state index in [4.69, 9.17) is 0 Å². The average Bonchev–Trinajstić information content (AvgIpc) is 2.00. The van der Waals surface area contributed by atoms with Gasteiger partial charge in [0.05, 0.1) is 12.0 Å². The van der Waals surface area contributed by atoms with E-state index in [0.717, 1.165) is 0 Å². The molecule has 3 heteroatoms. The van der Waals surface area contributed by atoms with E-state index in [1.807, 2.05) is 0 Å². The second-order valence-corrected chi connectivity index (χ2v) is 2.75. The molecule has 64 valence electrons. The number of carbonyl (C=O) groups is 1. The van der Waals surface area contributed by atoms with E-state index in [0.29, 0.717) is 0 Å². The number of aliphatic hydroxyl groups excluding tert-OH is 1. The Morgan fingerprint density at radius 3 is 2.36 bits per heavy atom. The summed E-state index contributed by atoms with van der Waals surface area (Å²) in [6.07, 6.45) is 0.622. The number of hydrogen-bond acceptors (Lipinski definition) is 2. The number of aliphatic hydroxyl groups is 1. The van der Waals surface area contributed by atoms with Crippen LogP contribution in [0.5, 0.6) is 0 Å². The van der Waals surface area contributed by atoms with Crippen LogP contribution in [0.25, 0.3) is 0 Å². The van der Waals surface area contributed by atoms with Crippen LogP contribution in [-0.4, -0.2) is 36.1 Å². The molecule has 0 saturated heterocycles. The van der Waals surface area contributed by atoms with Crippen molar-refractivity contribution in [1.29, 1.82) is 0 Å². The molecule has 0 heterocycles. The first-order valence-corrected chi connectivity index (χ1v) is 3.52. The number of amides is 1. The summed E-state index contributed by atoms with van der Waals surface area (Å²) in [6.45, 7) is 5.08.